The van der Waals surface area contributed by atoms with E-state index in [4.69, 9.17) is 10.3 Å². The molecule has 0 aliphatic rings. The van der Waals surface area contributed by atoms with Gasteiger partial charge in [-0.05, 0) is 24.0 Å². The zero-order chi connectivity index (χ0) is 18.9. The molecule has 2 unspecified atom stereocenters. The maximum atomic E-state index is 13.3. The molecule has 5 nitrogen and oxygen atoms in total. The molecule has 0 spiro atoms. The second-order valence-electron chi connectivity index (χ2n) is 5.46. The number of nitrogens with zero attached hydrogens (tertiary/aromatic N) is 1. The van der Waals surface area contributed by atoms with Crippen LogP contribution in [0, 0.1) is 6.92 Å². The third kappa shape index (κ3) is 3.77. The molecule has 0 aliphatic heterocycles. The van der Waals surface area contributed by atoms with Crippen molar-refractivity contribution in [2.75, 3.05) is 0 Å². The summed E-state index contributed by atoms with van der Waals surface area (Å²) < 4.78 is 45.0. The predicted molar refractivity (Wildman–Crippen MR) is 89.2 cm³/mol. The van der Waals surface area contributed by atoms with Crippen LogP contribution in [0.2, 0.25) is 0 Å². The van der Waals surface area contributed by atoms with Gasteiger partial charge in [0.05, 0.1) is 11.1 Å². The quantitative estimate of drug-likeness (QED) is 0.721. The molecule has 0 amide bonds. The zero-order valence-corrected chi connectivity index (χ0v) is 14.3. The average molecular weight is 374 g/mol. The molecule has 0 saturated heterocycles. The normalized spacial score (nSPS) is 14.3. The van der Waals surface area contributed by atoms with Crippen LogP contribution >= 0.6 is 11.8 Å². The van der Waals surface area contributed by atoms with Crippen LogP contribution in [-0.2, 0) is 6.18 Å². The Balaban J connectivity index is 2.72. The number of nitrogens with two attached hydrogens (primary N) is 1. The minimum atomic E-state index is -4.77. The van der Waals surface area contributed by atoms with Gasteiger partial charge in [-0.1, -0.05) is 18.7 Å². The molecule has 2 aromatic rings. The van der Waals surface area contributed by atoms with Crippen LogP contribution in [0.5, 0.6) is 11.5 Å². The largest absolute Gasteiger partial charge is 0.508 e. The predicted octanol–water partition coefficient (Wildman–Crippen LogP) is 4.35. The van der Waals surface area contributed by atoms with Crippen molar-refractivity contribution in [1.29, 1.82) is 0 Å². The van der Waals surface area contributed by atoms with Crippen molar-refractivity contribution in [3.63, 3.8) is 0 Å². The number of aromatic nitrogens is 1. The first-order chi connectivity index (χ1) is 11.6. The van der Waals surface area contributed by atoms with Gasteiger partial charge in [-0.15, -0.1) is 11.8 Å². The van der Waals surface area contributed by atoms with E-state index in [2.05, 4.69) is 11.7 Å². The Kier molecular flexibility index (Phi) is 5.38. The molecule has 0 aliphatic carbocycles. The number of phenolic OH excluding ortho intramolecular Hbond substituents is 2. The van der Waals surface area contributed by atoms with Gasteiger partial charge < -0.3 is 20.5 Å². The number of alkyl halides is 3. The van der Waals surface area contributed by atoms with Gasteiger partial charge in [0.1, 0.15) is 11.5 Å². The highest BCUT2D eigenvalue weighted by molar-refractivity contribution is 8.02. The molecule has 1 aromatic heterocycles. The number of thioether (sulfide) groups is 1. The van der Waals surface area contributed by atoms with Crippen molar-refractivity contribution in [3.05, 3.63) is 40.9 Å². The van der Waals surface area contributed by atoms with Crippen LogP contribution in [0.4, 0.5) is 13.2 Å². The van der Waals surface area contributed by atoms with Crippen molar-refractivity contribution in [2.45, 2.75) is 31.3 Å². The summed E-state index contributed by atoms with van der Waals surface area (Å²) in [4.78, 5) is 0. The Bertz CT molecular complexity index is 766. The van der Waals surface area contributed by atoms with E-state index in [0.29, 0.717) is 5.56 Å². The Morgan fingerprint density at radius 3 is 2.52 bits per heavy atom. The van der Waals surface area contributed by atoms with Crippen molar-refractivity contribution < 1.29 is 27.9 Å². The van der Waals surface area contributed by atoms with Crippen molar-refractivity contribution >= 4 is 11.8 Å². The molecular weight excluding hydrogens is 357 g/mol. The van der Waals surface area contributed by atoms with Crippen molar-refractivity contribution in [1.82, 2.24) is 5.16 Å². The third-order valence-corrected chi connectivity index (χ3v) is 4.59. The van der Waals surface area contributed by atoms with E-state index in [1.54, 1.807) is 6.92 Å². The number of rotatable bonds is 5. The molecule has 0 fully saturated rings. The molecule has 2 atom stereocenters. The highest BCUT2D eigenvalue weighted by Crippen LogP contribution is 2.45. The Labute approximate surface area is 146 Å². The second-order valence-corrected chi connectivity index (χ2v) is 6.81. The maximum Gasteiger partial charge on any atom is 0.437 e. The van der Waals surface area contributed by atoms with Crippen LogP contribution in [0.25, 0.3) is 11.3 Å². The lowest BCUT2D eigenvalue weighted by Gasteiger charge is -2.20. The van der Waals surface area contributed by atoms with Gasteiger partial charge in [0.25, 0.3) is 0 Å². The van der Waals surface area contributed by atoms with E-state index in [1.807, 2.05) is 0 Å². The third-order valence-electron chi connectivity index (χ3n) is 3.67. The summed E-state index contributed by atoms with van der Waals surface area (Å²) in [5.41, 5.74) is 4.77. The lowest BCUT2D eigenvalue weighted by Crippen LogP contribution is -2.24. The fraction of sp³-hybridized carbons (Fsp3) is 0.312. The number of aryl methyl sites for hydroxylation is 1. The first-order valence-electron chi connectivity index (χ1n) is 7.19. The summed E-state index contributed by atoms with van der Waals surface area (Å²) in [6, 6.07) is 1.23. The van der Waals surface area contributed by atoms with Crippen molar-refractivity contribution in [3.8, 4) is 22.8 Å². The first kappa shape index (κ1) is 19.2. The monoisotopic (exact) mass is 374 g/mol. The van der Waals surface area contributed by atoms with E-state index >= 15 is 0 Å². The summed E-state index contributed by atoms with van der Waals surface area (Å²) in [5, 5.41) is 23.8. The van der Waals surface area contributed by atoms with E-state index in [1.165, 1.54) is 30.2 Å². The lowest BCUT2D eigenvalue weighted by molar-refractivity contribution is -0.143. The molecule has 0 saturated carbocycles. The number of phenols is 2. The van der Waals surface area contributed by atoms with Crippen LogP contribution in [-0.4, -0.2) is 20.6 Å². The fourth-order valence-corrected chi connectivity index (χ4v) is 3.12. The average Bonchev–Trinajstić information content (AvgIpc) is 2.90. The Morgan fingerprint density at radius 1 is 1.36 bits per heavy atom. The summed E-state index contributed by atoms with van der Waals surface area (Å²) in [5.74, 6) is -0.929. The number of hydrogen-bond donors (Lipinski definition) is 3. The Morgan fingerprint density at radius 2 is 2.00 bits per heavy atom. The SMILES string of the molecule is C=CSC(C)C(N)c1c(C(F)(F)F)noc1-c1c(C)cc(O)cc1O. The molecule has 136 valence electrons. The minimum absolute atomic E-state index is 0.00190. The molecule has 9 heteroatoms. The standard InChI is InChI=1S/C16H17F3N2O3S/c1-4-25-8(3)13(20)12-14(24-21-15(12)16(17,18)19)11-7(2)5-9(22)6-10(11)23/h4-6,8,13,22-23H,1,20H2,2-3H3. The van der Waals surface area contributed by atoms with Gasteiger partial charge in [-0.2, -0.15) is 13.2 Å². The van der Waals surface area contributed by atoms with Crippen LogP contribution in [0.1, 0.15) is 29.8 Å². The van der Waals surface area contributed by atoms with Gasteiger partial charge >= 0.3 is 6.18 Å². The zero-order valence-electron chi connectivity index (χ0n) is 13.5. The summed E-state index contributed by atoms with van der Waals surface area (Å²) in [6.07, 6.45) is -4.77. The molecule has 4 N–H and O–H groups in total. The molecule has 1 heterocycles. The summed E-state index contributed by atoms with van der Waals surface area (Å²) >= 11 is 1.17. The topological polar surface area (TPSA) is 92.5 Å². The second kappa shape index (κ2) is 7.01. The van der Waals surface area contributed by atoms with Crippen LogP contribution in [0.15, 0.2) is 28.6 Å². The van der Waals surface area contributed by atoms with Gasteiger partial charge in [0.2, 0.25) is 0 Å². The van der Waals surface area contributed by atoms with Crippen LogP contribution < -0.4 is 5.73 Å². The highest BCUT2D eigenvalue weighted by atomic mass is 32.2. The van der Waals surface area contributed by atoms with Crippen molar-refractivity contribution in [2.24, 2.45) is 5.73 Å². The van der Waals surface area contributed by atoms with Gasteiger partial charge in [-0.25, -0.2) is 0 Å². The lowest BCUT2D eigenvalue weighted by atomic mass is 9.95. The minimum Gasteiger partial charge on any atom is -0.508 e. The van der Waals surface area contributed by atoms with Gasteiger partial charge in [0.15, 0.2) is 11.5 Å². The number of halogens is 3. The first-order valence-corrected chi connectivity index (χ1v) is 8.13. The van der Waals surface area contributed by atoms with E-state index in [0.717, 1.165) is 6.07 Å². The number of hydrogen-bond acceptors (Lipinski definition) is 6. The summed E-state index contributed by atoms with van der Waals surface area (Å²) in [6.45, 7) is 6.70. The maximum absolute atomic E-state index is 13.3. The highest BCUT2D eigenvalue weighted by Gasteiger charge is 2.42. The molecule has 1 aromatic carbocycles. The molecule has 0 bridgehead atoms. The van der Waals surface area contributed by atoms with E-state index in [-0.39, 0.29) is 22.6 Å². The van der Waals surface area contributed by atoms with Crippen LogP contribution in [0.3, 0.4) is 0 Å². The molecule has 2 rings (SSSR count). The fourth-order valence-electron chi connectivity index (χ4n) is 2.51. The number of aromatic hydroxyl groups is 2. The molecule has 25 heavy (non-hydrogen) atoms. The molecule has 0 radical (unpaired) electrons. The Hall–Kier alpha value is -2.13. The van der Waals surface area contributed by atoms with E-state index in [9.17, 15) is 23.4 Å². The molecular formula is C16H17F3N2O3S. The smallest absolute Gasteiger partial charge is 0.437 e. The summed E-state index contributed by atoms with van der Waals surface area (Å²) in [7, 11) is 0. The number of benzene rings is 1. The van der Waals surface area contributed by atoms with Gasteiger partial charge in [0, 0.05) is 17.4 Å². The van der Waals surface area contributed by atoms with Gasteiger partial charge in [-0.3, -0.25) is 0 Å². The van der Waals surface area contributed by atoms with E-state index < -0.39 is 28.9 Å².